The summed E-state index contributed by atoms with van der Waals surface area (Å²) in [5, 5.41) is 4.33. The minimum absolute atomic E-state index is 0.629. The Kier molecular flexibility index (Phi) is 3.75. The van der Waals surface area contributed by atoms with Crippen molar-refractivity contribution in [2.75, 3.05) is 19.8 Å². The lowest BCUT2D eigenvalue weighted by atomic mass is 10.0. The molecular formula is C11H19N3O. The molecule has 4 nitrogen and oxygen atoms in total. The maximum absolute atomic E-state index is 5.50. The third-order valence-electron chi connectivity index (χ3n) is 2.82. The molecule has 2 heterocycles. The van der Waals surface area contributed by atoms with Crippen molar-refractivity contribution in [1.82, 2.24) is 9.78 Å². The van der Waals surface area contributed by atoms with Crippen LogP contribution in [-0.2, 0) is 17.7 Å². The Morgan fingerprint density at radius 1 is 1.60 bits per heavy atom. The second kappa shape index (κ2) is 5.28. The first-order valence-corrected chi connectivity index (χ1v) is 5.67. The zero-order valence-electron chi connectivity index (χ0n) is 9.06. The molecule has 0 radical (unpaired) electrons. The molecule has 1 saturated heterocycles. The fourth-order valence-corrected chi connectivity index (χ4v) is 2.02. The van der Waals surface area contributed by atoms with Crippen LogP contribution in [0.3, 0.4) is 0 Å². The van der Waals surface area contributed by atoms with Gasteiger partial charge in [0.05, 0.1) is 12.8 Å². The smallest absolute Gasteiger partial charge is 0.0522 e. The summed E-state index contributed by atoms with van der Waals surface area (Å²) >= 11 is 0. The summed E-state index contributed by atoms with van der Waals surface area (Å²) in [5.41, 5.74) is 6.73. The van der Waals surface area contributed by atoms with Crippen molar-refractivity contribution >= 4 is 0 Å². The van der Waals surface area contributed by atoms with Gasteiger partial charge in [0, 0.05) is 25.3 Å². The molecule has 0 saturated carbocycles. The summed E-state index contributed by atoms with van der Waals surface area (Å²) < 4.78 is 7.47. The first-order chi connectivity index (χ1) is 7.38. The summed E-state index contributed by atoms with van der Waals surface area (Å²) in [7, 11) is 0. The Labute approximate surface area is 90.4 Å². The van der Waals surface area contributed by atoms with E-state index in [1.807, 2.05) is 10.9 Å². The van der Waals surface area contributed by atoms with Crippen molar-refractivity contribution in [3.05, 3.63) is 18.0 Å². The van der Waals surface area contributed by atoms with Crippen LogP contribution < -0.4 is 5.73 Å². The molecule has 1 atom stereocenters. The summed E-state index contributed by atoms with van der Waals surface area (Å²) in [6, 6.07) is 0. The van der Waals surface area contributed by atoms with Crippen molar-refractivity contribution in [1.29, 1.82) is 0 Å². The number of nitrogens with zero attached hydrogens (tertiary/aromatic N) is 2. The zero-order valence-corrected chi connectivity index (χ0v) is 9.06. The molecule has 0 aliphatic carbocycles. The molecule has 0 bridgehead atoms. The van der Waals surface area contributed by atoms with E-state index >= 15 is 0 Å². The summed E-state index contributed by atoms with van der Waals surface area (Å²) in [5.74, 6) is 0.629. The molecule has 0 unspecified atom stereocenters. The Morgan fingerprint density at radius 3 is 3.27 bits per heavy atom. The van der Waals surface area contributed by atoms with Gasteiger partial charge in [-0.25, -0.2) is 0 Å². The lowest BCUT2D eigenvalue weighted by Gasteiger charge is -2.21. The van der Waals surface area contributed by atoms with Crippen molar-refractivity contribution < 1.29 is 4.74 Å². The van der Waals surface area contributed by atoms with Crippen LogP contribution in [0.25, 0.3) is 0 Å². The third kappa shape index (κ3) is 3.04. The van der Waals surface area contributed by atoms with Gasteiger partial charge in [0.2, 0.25) is 0 Å². The maximum Gasteiger partial charge on any atom is 0.0522 e. The zero-order chi connectivity index (χ0) is 10.5. The molecule has 84 valence electrons. The van der Waals surface area contributed by atoms with Gasteiger partial charge in [0.1, 0.15) is 0 Å². The highest BCUT2D eigenvalue weighted by Crippen LogP contribution is 2.15. The molecular weight excluding hydrogens is 190 g/mol. The normalized spacial score (nSPS) is 21.8. The van der Waals surface area contributed by atoms with Crippen LogP contribution in [0.2, 0.25) is 0 Å². The number of ether oxygens (including phenoxy) is 1. The fourth-order valence-electron chi connectivity index (χ4n) is 2.02. The number of nitrogens with two attached hydrogens (primary N) is 1. The molecule has 1 aliphatic rings. The molecule has 0 spiro atoms. The van der Waals surface area contributed by atoms with Gasteiger partial charge in [-0.05, 0) is 31.4 Å². The third-order valence-corrected chi connectivity index (χ3v) is 2.82. The lowest BCUT2D eigenvalue weighted by molar-refractivity contribution is 0.0470. The summed E-state index contributed by atoms with van der Waals surface area (Å²) in [4.78, 5) is 0. The molecule has 1 aromatic heterocycles. The molecule has 1 aliphatic heterocycles. The summed E-state index contributed by atoms with van der Waals surface area (Å²) in [6.07, 6.45) is 7.37. The van der Waals surface area contributed by atoms with E-state index in [1.54, 1.807) is 0 Å². The lowest BCUT2D eigenvalue weighted by Crippen LogP contribution is -2.22. The van der Waals surface area contributed by atoms with Gasteiger partial charge in [-0.3, -0.25) is 4.68 Å². The number of aromatic nitrogens is 2. The van der Waals surface area contributed by atoms with Gasteiger partial charge < -0.3 is 10.5 Å². The fraction of sp³-hybridized carbons (Fsp3) is 0.727. The van der Waals surface area contributed by atoms with Gasteiger partial charge in [-0.15, -0.1) is 0 Å². The van der Waals surface area contributed by atoms with Crippen molar-refractivity contribution in [2.24, 2.45) is 11.7 Å². The van der Waals surface area contributed by atoms with Gasteiger partial charge in [0.15, 0.2) is 0 Å². The van der Waals surface area contributed by atoms with Crippen LogP contribution in [0.1, 0.15) is 18.4 Å². The monoisotopic (exact) mass is 209 g/mol. The van der Waals surface area contributed by atoms with E-state index in [-0.39, 0.29) is 0 Å². The highest BCUT2D eigenvalue weighted by atomic mass is 16.5. The topological polar surface area (TPSA) is 53.1 Å². The Hall–Kier alpha value is -0.870. The number of rotatable bonds is 4. The summed E-state index contributed by atoms with van der Waals surface area (Å²) in [6.45, 7) is 3.48. The Balaban J connectivity index is 1.86. The first kappa shape index (κ1) is 10.6. The minimum Gasteiger partial charge on any atom is -0.381 e. The van der Waals surface area contributed by atoms with Crippen LogP contribution in [0.5, 0.6) is 0 Å². The van der Waals surface area contributed by atoms with E-state index in [4.69, 9.17) is 10.5 Å². The van der Waals surface area contributed by atoms with Gasteiger partial charge in [-0.2, -0.15) is 5.10 Å². The van der Waals surface area contributed by atoms with E-state index in [2.05, 4.69) is 11.3 Å². The van der Waals surface area contributed by atoms with E-state index in [9.17, 15) is 0 Å². The average Bonchev–Trinajstić information content (AvgIpc) is 2.68. The van der Waals surface area contributed by atoms with Gasteiger partial charge in [-0.1, -0.05) is 0 Å². The maximum atomic E-state index is 5.50. The highest BCUT2D eigenvalue weighted by Gasteiger charge is 2.14. The molecule has 1 fully saturated rings. The Bertz CT molecular complexity index is 292. The number of hydrogen-bond acceptors (Lipinski definition) is 3. The first-order valence-electron chi connectivity index (χ1n) is 5.67. The predicted molar refractivity (Wildman–Crippen MR) is 58.5 cm³/mol. The molecule has 0 aromatic carbocycles. The second-order valence-corrected chi connectivity index (χ2v) is 4.19. The molecule has 1 aromatic rings. The molecule has 0 amide bonds. The van der Waals surface area contributed by atoms with Crippen LogP contribution in [0.15, 0.2) is 12.4 Å². The SMILES string of the molecule is NCCc1cnn(C[C@@H]2CCCOC2)c1. The quantitative estimate of drug-likeness (QED) is 0.798. The standard InChI is InChI=1S/C11H19N3O/c12-4-3-10-6-13-14(7-10)8-11-2-1-5-15-9-11/h6-7,11H,1-5,8-9,12H2/t11-/m0/s1. The predicted octanol–water partition coefficient (Wildman–Crippen LogP) is 0.811. The van der Waals surface area contributed by atoms with Crippen molar-refractivity contribution in [2.45, 2.75) is 25.8 Å². The number of hydrogen-bond donors (Lipinski definition) is 1. The highest BCUT2D eigenvalue weighted by molar-refractivity contribution is 5.04. The molecule has 15 heavy (non-hydrogen) atoms. The van der Waals surface area contributed by atoms with E-state index in [0.29, 0.717) is 12.5 Å². The van der Waals surface area contributed by atoms with E-state index in [0.717, 1.165) is 26.2 Å². The van der Waals surface area contributed by atoms with Crippen LogP contribution in [-0.4, -0.2) is 29.5 Å². The van der Waals surface area contributed by atoms with Gasteiger partial charge >= 0.3 is 0 Å². The Morgan fingerprint density at radius 2 is 2.53 bits per heavy atom. The van der Waals surface area contributed by atoms with Crippen LogP contribution in [0.4, 0.5) is 0 Å². The molecule has 4 heteroatoms. The van der Waals surface area contributed by atoms with Gasteiger partial charge in [0.25, 0.3) is 0 Å². The van der Waals surface area contributed by atoms with E-state index < -0.39 is 0 Å². The minimum atomic E-state index is 0.629. The van der Waals surface area contributed by atoms with E-state index in [1.165, 1.54) is 18.4 Å². The second-order valence-electron chi connectivity index (χ2n) is 4.19. The van der Waals surface area contributed by atoms with Crippen LogP contribution >= 0.6 is 0 Å². The van der Waals surface area contributed by atoms with Crippen molar-refractivity contribution in [3.8, 4) is 0 Å². The van der Waals surface area contributed by atoms with Crippen LogP contribution in [0, 0.1) is 5.92 Å². The van der Waals surface area contributed by atoms with Crippen molar-refractivity contribution in [3.63, 3.8) is 0 Å². The largest absolute Gasteiger partial charge is 0.381 e. The average molecular weight is 209 g/mol. The molecule has 2 N–H and O–H groups in total. The molecule has 2 rings (SSSR count).